The Morgan fingerprint density at radius 3 is 2.74 bits per heavy atom. The van der Waals surface area contributed by atoms with Gasteiger partial charge in [-0.1, -0.05) is 35.9 Å². The van der Waals surface area contributed by atoms with Crippen LogP contribution in [0.1, 0.15) is 21.5 Å². The minimum absolute atomic E-state index is 0.101. The molecule has 0 aliphatic rings. The summed E-state index contributed by atoms with van der Waals surface area (Å²) in [6.07, 6.45) is 3.05. The molecular formula is C15H15ClN2O. The average Bonchev–Trinajstić information content (AvgIpc) is 2.41. The molecule has 2 aromatic rings. The van der Waals surface area contributed by atoms with E-state index in [2.05, 4.69) is 4.98 Å². The quantitative estimate of drug-likeness (QED) is 0.860. The van der Waals surface area contributed by atoms with E-state index in [1.165, 1.54) is 11.8 Å². The number of rotatable bonds is 3. The third kappa shape index (κ3) is 3.12. The fraction of sp³-hybridized carbons (Fsp3) is 0.200. The van der Waals surface area contributed by atoms with Gasteiger partial charge in [0.25, 0.3) is 5.91 Å². The number of carbonyl (C=O) groups excluding carboxylic acids is 1. The Morgan fingerprint density at radius 1 is 1.32 bits per heavy atom. The number of carbonyl (C=O) groups is 1. The lowest BCUT2D eigenvalue weighted by molar-refractivity contribution is 0.0785. The van der Waals surface area contributed by atoms with Crippen molar-refractivity contribution < 1.29 is 4.79 Å². The third-order valence-corrected chi connectivity index (χ3v) is 3.32. The molecule has 0 bridgehead atoms. The Labute approximate surface area is 117 Å². The lowest BCUT2D eigenvalue weighted by atomic mass is 10.1. The van der Waals surface area contributed by atoms with Crippen LogP contribution in [0.3, 0.4) is 0 Å². The third-order valence-electron chi connectivity index (χ3n) is 3.02. The predicted molar refractivity (Wildman–Crippen MR) is 76.2 cm³/mol. The number of hydrogen-bond acceptors (Lipinski definition) is 2. The van der Waals surface area contributed by atoms with E-state index in [-0.39, 0.29) is 5.91 Å². The second-order valence-corrected chi connectivity index (χ2v) is 4.85. The first kappa shape index (κ1) is 13.6. The molecule has 0 saturated carbocycles. The molecule has 1 aromatic carbocycles. The van der Waals surface area contributed by atoms with Crippen LogP contribution in [0.5, 0.6) is 0 Å². The number of nitrogens with zero attached hydrogens (tertiary/aromatic N) is 2. The summed E-state index contributed by atoms with van der Waals surface area (Å²) in [4.78, 5) is 17.8. The fourth-order valence-corrected chi connectivity index (χ4v) is 2.07. The van der Waals surface area contributed by atoms with E-state index < -0.39 is 0 Å². The van der Waals surface area contributed by atoms with Crippen LogP contribution >= 0.6 is 11.6 Å². The highest BCUT2D eigenvalue weighted by Gasteiger charge is 2.15. The highest BCUT2D eigenvalue weighted by atomic mass is 35.5. The van der Waals surface area contributed by atoms with Crippen LogP contribution in [-0.2, 0) is 6.54 Å². The van der Waals surface area contributed by atoms with E-state index in [4.69, 9.17) is 11.6 Å². The zero-order valence-corrected chi connectivity index (χ0v) is 11.7. The summed E-state index contributed by atoms with van der Waals surface area (Å²) in [6, 6.07) is 9.65. The van der Waals surface area contributed by atoms with E-state index in [1.54, 1.807) is 24.2 Å². The Bertz CT molecular complexity index is 598. The molecule has 0 spiro atoms. The van der Waals surface area contributed by atoms with Crippen molar-refractivity contribution in [1.29, 1.82) is 0 Å². The van der Waals surface area contributed by atoms with Crippen LogP contribution in [0.15, 0.2) is 42.7 Å². The Morgan fingerprint density at radius 2 is 2.05 bits per heavy atom. The van der Waals surface area contributed by atoms with Crippen molar-refractivity contribution in [2.24, 2.45) is 0 Å². The maximum absolute atomic E-state index is 12.3. The monoisotopic (exact) mass is 274 g/mol. The first-order valence-electron chi connectivity index (χ1n) is 5.99. The molecule has 3 nitrogen and oxygen atoms in total. The van der Waals surface area contributed by atoms with Gasteiger partial charge in [-0.2, -0.15) is 0 Å². The van der Waals surface area contributed by atoms with Gasteiger partial charge in [0.2, 0.25) is 0 Å². The fourth-order valence-electron chi connectivity index (χ4n) is 1.87. The van der Waals surface area contributed by atoms with Crippen LogP contribution in [0, 0.1) is 6.92 Å². The molecule has 0 unspecified atom stereocenters. The van der Waals surface area contributed by atoms with E-state index in [0.717, 1.165) is 5.56 Å². The van der Waals surface area contributed by atoms with E-state index in [9.17, 15) is 4.79 Å². The molecule has 19 heavy (non-hydrogen) atoms. The summed E-state index contributed by atoms with van der Waals surface area (Å²) in [6.45, 7) is 2.59. The van der Waals surface area contributed by atoms with Crippen molar-refractivity contribution in [3.8, 4) is 0 Å². The van der Waals surface area contributed by atoms with Crippen LogP contribution in [0.25, 0.3) is 0 Å². The Hall–Kier alpha value is -1.87. The predicted octanol–water partition coefficient (Wildman–Crippen LogP) is 3.32. The highest BCUT2D eigenvalue weighted by Crippen LogP contribution is 2.17. The van der Waals surface area contributed by atoms with Crippen LogP contribution < -0.4 is 0 Å². The highest BCUT2D eigenvalue weighted by molar-refractivity contribution is 6.33. The van der Waals surface area contributed by atoms with E-state index >= 15 is 0 Å². The molecular weight excluding hydrogens is 260 g/mol. The van der Waals surface area contributed by atoms with Gasteiger partial charge in [-0.05, 0) is 24.1 Å². The lowest BCUT2D eigenvalue weighted by Crippen LogP contribution is -2.26. The normalized spacial score (nSPS) is 10.3. The smallest absolute Gasteiger partial charge is 0.255 e. The van der Waals surface area contributed by atoms with Crippen molar-refractivity contribution in [1.82, 2.24) is 9.88 Å². The van der Waals surface area contributed by atoms with Gasteiger partial charge in [0.1, 0.15) is 0 Å². The lowest BCUT2D eigenvalue weighted by Gasteiger charge is -2.19. The average molecular weight is 275 g/mol. The molecule has 0 aliphatic carbocycles. The van der Waals surface area contributed by atoms with Crippen LogP contribution in [0.2, 0.25) is 5.02 Å². The van der Waals surface area contributed by atoms with Crippen LogP contribution in [0.4, 0.5) is 0 Å². The number of aryl methyl sites for hydroxylation is 1. The molecule has 98 valence electrons. The molecule has 0 aliphatic heterocycles. The number of amides is 1. The first-order valence-corrected chi connectivity index (χ1v) is 6.37. The topological polar surface area (TPSA) is 33.2 Å². The molecule has 0 saturated heterocycles. The molecule has 2 rings (SSSR count). The van der Waals surface area contributed by atoms with Gasteiger partial charge in [-0.25, -0.2) is 0 Å². The maximum atomic E-state index is 12.3. The molecule has 0 atom stereocenters. The van der Waals surface area contributed by atoms with Crippen LogP contribution in [-0.4, -0.2) is 22.8 Å². The summed E-state index contributed by atoms with van der Waals surface area (Å²) in [5.41, 5.74) is 2.78. The van der Waals surface area contributed by atoms with Crippen molar-refractivity contribution in [3.63, 3.8) is 0 Å². The molecule has 4 heteroatoms. The molecule has 0 radical (unpaired) electrons. The molecule has 0 N–H and O–H groups in total. The molecule has 1 aromatic heterocycles. The zero-order valence-electron chi connectivity index (χ0n) is 10.9. The van der Waals surface area contributed by atoms with Gasteiger partial charge in [-0.3, -0.25) is 9.78 Å². The minimum Gasteiger partial charge on any atom is -0.337 e. The van der Waals surface area contributed by atoms with Gasteiger partial charge in [0, 0.05) is 26.0 Å². The summed E-state index contributed by atoms with van der Waals surface area (Å²) in [7, 11) is 1.77. The number of hydrogen-bond donors (Lipinski definition) is 0. The molecule has 1 amide bonds. The van der Waals surface area contributed by atoms with E-state index in [1.807, 2.05) is 31.2 Å². The molecule has 0 fully saturated rings. The largest absolute Gasteiger partial charge is 0.337 e. The van der Waals surface area contributed by atoms with Crippen molar-refractivity contribution in [2.75, 3.05) is 7.05 Å². The van der Waals surface area contributed by atoms with Crippen molar-refractivity contribution in [3.05, 3.63) is 64.4 Å². The minimum atomic E-state index is -0.101. The second-order valence-electron chi connectivity index (χ2n) is 4.44. The molecule has 1 heterocycles. The van der Waals surface area contributed by atoms with Crippen molar-refractivity contribution >= 4 is 17.5 Å². The number of pyridine rings is 1. The maximum Gasteiger partial charge on any atom is 0.255 e. The SMILES string of the molecule is Cc1ccccc1CN(C)C(=O)c1ccncc1Cl. The van der Waals surface area contributed by atoms with Gasteiger partial charge >= 0.3 is 0 Å². The van der Waals surface area contributed by atoms with Crippen molar-refractivity contribution in [2.45, 2.75) is 13.5 Å². The summed E-state index contributed by atoms with van der Waals surface area (Å²) in [5.74, 6) is -0.101. The zero-order chi connectivity index (χ0) is 13.8. The summed E-state index contributed by atoms with van der Waals surface area (Å²) in [5, 5.41) is 0.379. The van der Waals surface area contributed by atoms with Gasteiger partial charge in [0.15, 0.2) is 0 Å². The number of aromatic nitrogens is 1. The summed E-state index contributed by atoms with van der Waals surface area (Å²) < 4.78 is 0. The number of benzene rings is 1. The summed E-state index contributed by atoms with van der Waals surface area (Å²) >= 11 is 5.99. The van der Waals surface area contributed by atoms with Gasteiger partial charge < -0.3 is 4.90 Å². The first-order chi connectivity index (χ1) is 9.09. The standard InChI is InChI=1S/C15H15ClN2O/c1-11-5-3-4-6-12(11)10-18(2)15(19)13-7-8-17-9-14(13)16/h3-9H,10H2,1-2H3. The Kier molecular flexibility index (Phi) is 4.17. The van der Waals surface area contributed by atoms with E-state index in [0.29, 0.717) is 17.1 Å². The Balaban J connectivity index is 2.17. The van der Waals surface area contributed by atoms with Gasteiger partial charge in [-0.15, -0.1) is 0 Å². The number of halogens is 1. The second kappa shape index (κ2) is 5.85. The van der Waals surface area contributed by atoms with Gasteiger partial charge in [0.05, 0.1) is 10.6 Å².